The number of nitrogens with zero attached hydrogens (tertiary/aromatic N) is 1. The molecule has 1 fully saturated rings. The third kappa shape index (κ3) is 6.37. The van der Waals surface area contributed by atoms with Crippen molar-refractivity contribution in [3.05, 3.63) is 35.4 Å². The molecule has 1 aliphatic rings. The van der Waals surface area contributed by atoms with Crippen LogP contribution in [0.1, 0.15) is 26.3 Å². The van der Waals surface area contributed by atoms with Gasteiger partial charge < -0.3 is 25.4 Å². The van der Waals surface area contributed by atoms with Gasteiger partial charge in [0.05, 0.1) is 31.9 Å². The summed E-state index contributed by atoms with van der Waals surface area (Å²) in [5.74, 6) is -1.49. The van der Waals surface area contributed by atoms with Crippen molar-refractivity contribution in [2.45, 2.75) is 51.7 Å². The van der Waals surface area contributed by atoms with Crippen LogP contribution >= 0.6 is 0 Å². The first-order valence-electron chi connectivity index (χ1n) is 9.07. The molecule has 0 aromatic heterocycles. The van der Waals surface area contributed by atoms with E-state index >= 15 is 0 Å². The first-order valence-corrected chi connectivity index (χ1v) is 9.07. The van der Waals surface area contributed by atoms with Crippen LogP contribution in [0.25, 0.3) is 0 Å². The van der Waals surface area contributed by atoms with Gasteiger partial charge >= 0.3 is 6.09 Å². The number of aliphatic hydroxyl groups is 1. The van der Waals surface area contributed by atoms with E-state index in [4.69, 9.17) is 15.2 Å². The van der Waals surface area contributed by atoms with Crippen LogP contribution in [0, 0.1) is 17.0 Å². The van der Waals surface area contributed by atoms with Crippen LogP contribution in [0.4, 0.5) is 13.6 Å². The predicted octanol–water partition coefficient (Wildman–Crippen LogP) is 1.96. The molecule has 1 aromatic rings. The Kier molecular flexibility index (Phi) is 7.33. The number of hydrogen-bond acceptors (Lipinski definition) is 5. The topological polar surface area (TPSA) is 105 Å². The van der Waals surface area contributed by atoms with Crippen LogP contribution in [0.3, 0.4) is 0 Å². The molecule has 1 heterocycles. The zero-order chi connectivity index (χ0) is 21.1. The maximum atomic E-state index is 13.3. The third-order valence-electron chi connectivity index (χ3n) is 4.37. The lowest BCUT2D eigenvalue weighted by atomic mass is 9.96. The minimum atomic E-state index is -1.29. The zero-order valence-electron chi connectivity index (χ0n) is 16.3. The Morgan fingerprint density at radius 1 is 1.36 bits per heavy atom. The highest BCUT2D eigenvalue weighted by molar-refractivity contribution is 5.65. The number of hydrogen-bond donors (Lipinski definition) is 3. The van der Waals surface area contributed by atoms with E-state index in [2.05, 4.69) is 0 Å². The Bertz CT molecular complexity index is 663. The maximum absolute atomic E-state index is 13.3. The van der Waals surface area contributed by atoms with Gasteiger partial charge in [0.2, 0.25) is 0 Å². The number of halogens is 2. The maximum Gasteiger partial charge on any atom is 0.407 e. The molecule has 1 aromatic carbocycles. The number of rotatable bonds is 6. The molecule has 0 bridgehead atoms. The highest BCUT2D eigenvalue weighted by Gasteiger charge is 2.39. The van der Waals surface area contributed by atoms with Crippen molar-refractivity contribution in [3.63, 3.8) is 0 Å². The first kappa shape index (κ1) is 22.5. The van der Waals surface area contributed by atoms with Gasteiger partial charge in [-0.1, -0.05) is 20.8 Å². The number of morpholine rings is 1. The number of ether oxygens (including phenoxy) is 2. The molecule has 9 heteroatoms. The normalized spacial score (nSPS) is 22.8. The average molecular weight is 402 g/mol. The zero-order valence-corrected chi connectivity index (χ0v) is 16.3. The van der Waals surface area contributed by atoms with E-state index in [9.17, 15) is 23.8 Å². The van der Waals surface area contributed by atoms with E-state index < -0.39 is 42.2 Å². The number of carboxylic acid groups (broad SMARTS) is 1. The monoisotopic (exact) mass is 402 g/mol. The second-order valence-electron chi connectivity index (χ2n) is 8.27. The summed E-state index contributed by atoms with van der Waals surface area (Å²) in [6, 6.07) is 1.13. The highest BCUT2D eigenvalue weighted by Crippen LogP contribution is 2.21. The van der Waals surface area contributed by atoms with Gasteiger partial charge in [-0.25, -0.2) is 13.6 Å². The molecule has 2 unspecified atom stereocenters. The Balaban J connectivity index is 2.02. The fourth-order valence-electron chi connectivity index (χ4n) is 3.00. The summed E-state index contributed by atoms with van der Waals surface area (Å²) >= 11 is 0. The fraction of sp³-hybridized carbons (Fsp3) is 0.632. The molecule has 158 valence electrons. The van der Waals surface area contributed by atoms with E-state index in [-0.39, 0.29) is 30.6 Å². The molecule has 7 nitrogen and oxygen atoms in total. The van der Waals surface area contributed by atoms with E-state index in [0.29, 0.717) is 6.61 Å². The fourth-order valence-corrected chi connectivity index (χ4v) is 3.00. The van der Waals surface area contributed by atoms with Gasteiger partial charge in [-0.2, -0.15) is 0 Å². The smallest absolute Gasteiger partial charge is 0.407 e. The van der Waals surface area contributed by atoms with Gasteiger partial charge in [0, 0.05) is 12.1 Å². The Morgan fingerprint density at radius 2 is 1.96 bits per heavy atom. The highest BCUT2D eigenvalue weighted by atomic mass is 19.1. The molecule has 1 aliphatic heterocycles. The van der Waals surface area contributed by atoms with Gasteiger partial charge in [-0.15, -0.1) is 0 Å². The summed E-state index contributed by atoms with van der Waals surface area (Å²) in [4.78, 5) is 12.7. The average Bonchev–Trinajstić information content (AvgIpc) is 2.57. The van der Waals surface area contributed by atoms with Gasteiger partial charge in [-0.3, -0.25) is 4.90 Å². The molecule has 28 heavy (non-hydrogen) atoms. The van der Waals surface area contributed by atoms with E-state index in [1.807, 2.05) is 20.8 Å². The summed E-state index contributed by atoms with van der Waals surface area (Å²) in [5, 5.41) is 20.1. The lowest BCUT2D eigenvalue weighted by Crippen LogP contribution is -2.61. The minimum Gasteiger partial charge on any atom is -0.465 e. The lowest BCUT2D eigenvalue weighted by Gasteiger charge is -2.41. The summed E-state index contributed by atoms with van der Waals surface area (Å²) < 4.78 is 37.9. The van der Waals surface area contributed by atoms with Gasteiger partial charge in [0.1, 0.15) is 11.6 Å². The van der Waals surface area contributed by atoms with Gasteiger partial charge in [0.25, 0.3) is 0 Å². The van der Waals surface area contributed by atoms with E-state index in [0.717, 1.165) is 23.1 Å². The quantitative estimate of drug-likeness (QED) is 0.672. The molecule has 0 aliphatic carbocycles. The second-order valence-corrected chi connectivity index (χ2v) is 8.27. The largest absolute Gasteiger partial charge is 0.465 e. The molecule has 4 atom stereocenters. The molecule has 2 rings (SSSR count). The number of nitrogens with two attached hydrogens (primary N) is 1. The molecule has 0 radical (unpaired) electrons. The second kappa shape index (κ2) is 9.13. The SMILES string of the molecule is CC(C)(C)COC1CN(C(=O)O)C([C@@H](O)[C@@H](N)Cc2cc(F)cc(F)c2)CO1. The molecular formula is C19H28F2N2O5. The van der Waals surface area contributed by atoms with Crippen molar-refractivity contribution in [3.8, 4) is 0 Å². The third-order valence-corrected chi connectivity index (χ3v) is 4.37. The standard InChI is InChI=1S/C19H28F2N2O5/c1-19(2,3)10-28-16-8-23(18(25)26)15(9-27-16)17(24)14(22)6-11-4-12(20)7-13(21)5-11/h4-5,7,14-17,24H,6,8-10,22H2,1-3H3,(H,25,26)/t14-,15?,16?,17-/m0/s1. The summed E-state index contributed by atoms with van der Waals surface area (Å²) in [6.45, 7) is 6.13. The van der Waals surface area contributed by atoms with Crippen molar-refractivity contribution >= 4 is 6.09 Å². The summed E-state index contributed by atoms with van der Waals surface area (Å²) in [6.07, 6.45) is -3.29. The molecular weight excluding hydrogens is 374 g/mol. The predicted molar refractivity (Wildman–Crippen MR) is 97.7 cm³/mol. The number of carbonyl (C=O) groups is 1. The van der Waals surface area contributed by atoms with Gasteiger partial charge in [0.15, 0.2) is 6.29 Å². The van der Waals surface area contributed by atoms with Crippen LogP contribution in [-0.2, 0) is 15.9 Å². The minimum absolute atomic E-state index is 0.0240. The van der Waals surface area contributed by atoms with Crippen molar-refractivity contribution in [2.24, 2.45) is 11.1 Å². The van der Waals surface area contributed by atoms with Crippen molar-refractivity contribution in [2.75, 3.05) is 19.8 Å². The van der Waals surface area contributed by atoms with Crippen molar-refractivity contribution < 1.29 is 33.3 Å². The number of benzene rings is 1. The number of aliphatic hydroxyl groups excluding tert-OH is 1. The van der Waals surface area contributed by atoms with E-state index in [1.54, 1.807) is 0 Å². The first-order chi connectivity index (χ1) is 13.0. The molecule has 0 saturated carbocycles. The lowest BCUT2D eigenvalue weighted by molar-refractivity contribution is -0.208. The van der Waals surface area contributed by atoms with Crippen LogP contribution < -0.4 is 5.73 Å². The van der Waals surface area contributed by atoms with Crippen LogP contribution in [0.2, 0.25) is 0 Å². The van der Waals surface area contributed by atoms with Crippen molar-refractivity contribution in [1.82, 2.24) is 4.90 Å². The van der Waals surface area contributed by atoms with Crippen molar-refractivity contribution in [1.29, 1.82) is 0 Å². The van der Waals surface area contributed by atoms with Crippen LogP contribution in [-0.4, -0.2) is 65.4 Å². The Labute approximate surface area is 163 Å². The molecule has 0 spiro atoms. The molecule has 1 saturated heterocycles. The summed E-state index contributed by atoms with van der Waals surface area (Å²) in [5.41, 5.74) is 6.15. The molecule has 1 amide bonds. The summed E-state index contributed by atoms with van der Waals surface area (Å²) in [7, 11) is 0. The van der Waals surface area contributed by atoms with Gasteiger partial charge in [-0.05, 0) is 29.5 Å². The van der Waals surface area contributed by atoms with E-state index in [1.165, 1.54) is 0 Å². The Morgan fingerprint density at radius 3 is 2.50 bits per heavy atom. The van der Waals surface area contributed by atoms with Crippen LogP contribution in [0.15, 0.2) is 18.2 Å². The Hall–Kier alpha value is -1.81. The number of amides is 1. The molecule has 4 N–H and O–H groups in total. The van der Waals surface area contributed by atoms with Crippen LogP contribution in [0.5, 0.6) is 0 Å².